The summed E-state index contributed by atoms with van der Waals surface area (Å²) in [5.41, 5.74) is 1.80. The first-order valence-electron chi connectivity index (χ1n) is 3.81. The van der Waals surface area contributed by atoms with Crippen molar-refractivity contribution in [3.8, 4) is 11.8 Å². The number of nitrogens with zero attached hydrogens (tertiary/aromatic N) is 1. The molecule has 0 bridgehead atoms. The number of aryl methyl sites for hydroxylation is 1. The molecular weight excluding hydrogens is 150 g/mol. The fraction of sp³-hybridized carbons (Fsp3) is 0.300. The van der Waals surface area contributed by atoms with Gasteiger partial charge in [0.1, 0.15) is 11.8 Å². The highest BCUT2D eigenvalue weighted by molar-refractivity contribution is 5.29. The van der Waals surface area contributed by atoms with Crippen LogP contribution in [0.2, 0.25) is 0 Å². The number of pyridine rings is 1. The van der Waals surface area contributed by atoms with Crippen LogP contribution in [0.25, 0.3) is 0 Å². The summed E-state index contributed by atoms with van der Waals surface area (Å²) in [6, 6.07) is 3.78. The van der Waals surface area contributed by atoms with Crippen molar-refractivity contribution in [1.29, 1.82) is 0 Å². The van der Waals surface area contributed by atoms with Crippen molar-refractivity contribution >= 4 is 0 Å². The van der Waals surface area contributed by atoms with E-state index in [0.29, 0.717) is 5.69 Å². The molecule has 0 saturated carbocycles. The van der Waals surface area contributed by atoms with Gasteiger partial charge in [0.25, 0.3) is 0 Å². The molecule has 0 fully saturated rings. The highest BCUT2D eigenvalue weighted by atomic mass is 16.3. The number of aliphatic hydroxyl groups is 1. The molecule has 1 N–H and O–H groups in total. The fourth-order valence-corrected chi connectivity index (χ4v) is 0.720. The maximum Gasteiger partial charge on any atom is 0.113 e. The van der Waals surface area contributed by atoms with Crippen molar-refractivity contribution < 1.29 is 5.11 Å². The lowest BCUT2D eigenvalue weighted by atomic mass is 10.2. The van der Waals surface area contributed by atoms with E-state index in [9.17, 15) is 0 Å². The van der Waals surface area contributed by atoms with Crippen LogP contribution in [0.3, 0.4) is 0 Å². The Kier molecular flexibility index (Phi) is 2.84. The molecule has 0 amide bonds. The Morgan fingerprint density at radius 1 is 1.50 bits per heavy atom. The molecule has 0 aliphatic rings. The fourth-order valence-electron chi connectivity index (χ4n) is 0.720. The number of rotatable bonds is 0. The molecular formula is C10H11NO. The molecule has 1 heterocycles. The molecule has 1 aromatic rings. The second-order valence-electron chi connectivity index (χ2n) is 2.67. The van der Waals surface area contributed by atoms with E-state index in [4.69, 9.17) is 5.11 Å². The van der Waals surface area contributed by atoms with Gasteiger partial charge < -0.3 is 5.11 Å². The van der Waals surface area contributed by atoms with Crippen molar-refractivity contribution in [2.45, 2.75) is 20.0 Å². The number of aliphatic hydroxyl groups excluding tert-OH is 1. The van der Waals surface area contributed by atoms with E-state index in [2.05, 4.69) is 16.8 Å². The number of aromatic nitrogens is 1. The maximum absolute atomic E-state index is 8.87. The van der Waals surface area contributed by atoms with Crippen molar-refractivity contribution in [3.05, 3.63) is 29.6 Å². The van der Waals surface area contributed by atoms with Gasteiger partial charge in [0.05, 0.1) is 0 Å². The number of hydrogen-bond donors (Lipinski definition) is 1. The first kappa shape index (κ1) is 8.76. The Labute approximate surface area is 72.3 Å². The summed E-state index contributed by atoms with van der Waals surface area (Å²) in [6.07, 6.45) is 1.17. The van der Waals surface area contributed by atoms with E-state index >= 15 is 0 Å². The molecule has 1 aromatic heterocycles. The molecule has 0 aliphatic heterocycles. The van der Waals surface area contributed by atoms with Gasteiger partial charge in [-0.15, -0.1) is 0 Å². The highest BCUT2D eigenvalue weighted by Crippen LogP contribution is 1.96. The summed E-state index contributed by atoms with van der Waals surface area (Å²) in [6.45, 7) is 3.60. The topological polar surface area (TPSA) is 33.1 Å². The van der Waals surface area contributed by atoms with Crippen LogP contribution in [0.4, 0.5) is 0 Å². The molecule has 2 heteroatoms. The van der Waals surface area contributed by atoms with Crippen molar-refractivity contribution in [3.63, 3.8) is 0 Å². The van der Waals surface area contributed by atoms with Gasteiger partial charge in [-0.3, -0.25) is 0 Å². The molecule has 1 rings (SSSR count). The average molecular weight is 161 g/mol. The van der Waals surface area contributed by atoms with Crippen LogP contribution in [-0.2, 0) is 0 Å². The van der Waals surface area contributed by atoms with Crippen LogP contribution >= 0.6 is 0 Å². The van der Waals surface area contributed by atoms with Gasteiger partial charge in [-0.25, -0.2) is 4.98 Å². The van der Waals surface area contributed by atoms with Gasteiger partial charge >= 0.3 is 0 Å². The zero-order valence-corrected chi connectivity index (χ0v) is 7.20. The Balaban J connectivity index is 2.79. The van der Waals surface area contributed by atoms with E-state index < -0.39 is 6.10 Å². The lowest BCUT2D eigenvalue weighted by Gasteiger charge is -1.91. The van der Waals surface area contributed by atoms with Crippen LogP contribution in [0, 0.1) is 18.8 Å². The van der Waals surface area contributed by atoms with Crippen LogP contribution in [0.1, 0.15) is 18.2 Å². The van der Waals surface area contributed by atoms with Crippen LogP contribution in [0.5, 0.6) is 0 Å². The van der Waals surface area contributed by atoms with Gasteiger partial charge in [0.15, 0.2) is 0 Å². The Morgan fingerprint density at radius 3 is 2.75 bits per heavy atom. The monoisotopic (exact) mass is 161 g/mol. The molecule has 0 aromatic carbocycles. The summed E-state index contributed by atoms with van der Waals surface area (Å²) < 4.78 is 0. The smallest absolute Gasteiger partial charge is 0.113 e. The summed E-state index contributed by atoms with van der Waals surface area (Å²) >= 11 is 0. The predicted octanol–water partition coefficient (Wildman–Crippen LogP) is 1.12. The lowest BCUT2D eigenvalue weighted by Crippen LogP contribution is -1.93. The summed E-state index contributed by atoms with van der Waals surface area (Å²) in [4.78, 5) is 4.07. The molecule has 0 unspecified atom stereocenters. The Bertz CT molecular complexity index is 303. The highest BCUT2D eigenvalue weighted by Gasteiger charge is 1.88. The molecule has 0 aliphatic carbocycles. The molecule has 2 nitrogen and oxygen atoms in total. The van der Waals surface area contributed by atoms with Crippen molar-refractivity contribution in [2.24, 2.45) is 0 Å². The van der Waals surface area contributed by atoms with Crippen LogP contribution in [-0.4, -0.2) is 16.2 Å². The average Bonchev–Trinajstić information content (AvgIpc) is 2.03. The lowest BCUT2D eigenvalue weighted by molar-refractivity contribution is 0.253. The standard InChI is InChI=1S/C10H11NO/c1-8-3-5-10(11-7-8)6-4-9(2)12/h3,5,7,9,12H,1-2H3/t9-/m1/s1. The molecule has 0 spiro atoms. The maximum atomic E-state index is 8.87. The Morgan fingerprint density at radius 2 is 2.25 bits per heavy atom. The molecule has 1 atom stereocenters. The van der Waals surface area contributed by atoms with E-state index in [-0.39, 0.29) is 0 Å². The van der Waals surface area contributed by atoms with E-state index in [1.165, 1.54) is 0 Å². The molecule has 0 radical (unpaired) electrons. The van der Waals surface area contributed by atoms with Crippen molar-refractivity contribution in [2.75, 3.05) is 0 Å². The Hall–Kier alpha value is -1.33. The summed E-state index contributed by atoms with van der Waals surface area (Å²) in [7, 11) is 0. The van der Waals surface area contributed by atoms with Crippen LogP contribution in [0.15, 0.2) is 18.3 Å². The first-order chi connectivity index (χ1) is 5.68. The minimum absolute atomic E-state index is 0.590. The molecule has 62 valence electrons. The minimum Gasteiger partial charge on any atom is -0.381 e. The van der Waals surface area contributed by atoms with Crippen molar-refractivity contribution in [1.82, 2.24) is 4.98 Å². The summed E-state index contributed by atoms with van der Waals surface area (Å²) in [5.74, 6) is 5.38. The third-order valence-electron chi connectivity index (χ3n) is 1.32. The van der Waals surface area contributed by atoms with Gasteiger partial charge in [0.2, 0.25) is 0 Å². The quantitative estimate of drug-likeness (QED) is 0.578. The predicted molar refractivity (Wildman–Crippen MR) is 47.5 cm³/mol. The first-order valence-corrected chi connectivity index (χ1v) is 3.81. The number of hydrogen-bond acceptors (Lipinski definition) is 2. The van der Waals surface area contributed by atoms with E-state index in [0.717, 1.165) is 5.56 Å². The van der Waals surface area contributed by atoms with Gasteiger partial charge in [-0.1, -0.05) is 12.0 Å². The van der Waals surface area contributed by atoms with Gasteiger partial charge in [-0.2, -0.15) is 0 Å². The SMILES string of the molecule is Cc1ccc(C#C[C@@H](C)O)nc1. The zero-order valence-electron chi connectivity index (χ0n) is 7.20. The minimum atomic E-state index is -0.590. The zero-order chi connectivity index (χ0) is 8.97. The second-order valence-corrected chi connectivity index (χ2v) is 2.67. The van der Waals surface area contributed by atoms with Gasteiger partial charge in [-0.05, 0) is 31.4 Å². The normalized spacial score (nSPS) is 11.6. The second kappa shape index (κ2) is 3.89. The summed E-state index contributed by atoms with van der Waals surface area (Å²) in [5, 5.41) is 8.87. The van der Waals surface area contributed by atoms with E-state index in [1.54, 1.807) is 13.1 Å². The third kappa shape index (κ3) is 2.73. The van der Waals surface area contributed by atoms with Gasteiger partial charge in [0, 0.05) is 6.20 Å². The molecule has 12 heavy (non-hydrogen) atoms. The van der Waals surface area contributed by atoms with E-state index in [1.807, 2.05) is 19.1 Å². The largest absolute Gasteiger partial charge is 0.381 e. The third-order valence-corrected chi connectivity index (χ3v) is 1.32. The van der Waals surface area contributed by atoms with Crippen LogP contribution < -0.4 is 0 Å². The molecule has 0 saturated heterocycles.